The van der Waals surface area contributed by atoms with E-state index in [-0.39, 0.29) is 18.2 Å². The summed E-state index contributed by atoms with van der Waals surface area (Å²) in [4.78, 5) is 27.2. The van der Waals surface area contributed by atoms with E-state index in [9.17, 15) is 9.59 Å². The van der Waals surface area contributed by atoms with Gasteiger partial charge in [-0.05, 0) is 37.5 Å². The number of nitrogens with two attached hydrogens (primary N) is 1. The lowest BCUT2D eigenvalue weighted by atomic mass is 9.98. The molecule has 0 spiro atoms. The third-order valence-corrected chi connectivity index (χ3v) is 4.23. The lowest BCUT2D eigenvalue weighted by Crippen LogP contribution is -2.34. The van der Waals surface area contributed by atoms with Crippen LogP contribution >= 0.6 is 0 Å². The minimum Gasteiger partial charge on any atom is -0.369 e. The fourth-order valence-corrected chi connectivity index (χ4v) is 2.94. The number of benzene rings is 1. The molecule has 0 unspecified atom stereocenters. The second kappa shape index (κ2) is 6.43. The van der Waals surface area contributed by atoms with Gasteiger partial charge in [-0.25, -0.2) is 9.67 Å². The molecule has 1 aromatic carbocycles. The SMILES string of the molecule is Cc1ccc(C)c(-n2nc(CC(N)=O)nc2[C@@H]2CCC(=O)NC2)c1. The van der Waals surface area contributed by atoms with Gasteiger partial charge in [-0.2, -0.15) is 5.10 Å². The van der Waals surface area contributed by atoms with E-state index in [1.54, 1.807) is 4.68 Å². The van der Waals surface area contributed by atoms with Gasteiger partial charge in [0, 0.05) is 18.9 Å². The zero-order valence-electron chi connectivity index (χ0n) is 13.9. The number of carbonyl (C=O) groups excluding carboxylic acids is 2. The summed E-state index contributed by atoms with van der Waals surface area (Å²) in [7, 11) is 0. The molecule has 2 aromatic rings. The molecule has 0 radical (unpaired) electrons. The maximum Gasteiger partial charge on any atom is 0.225 e. The van der Waals surface area contributed by atoms with Crippen LogP contribution in [0.1, 0.15) is 41.5 Å². The number of hydrogen-bond acceptors (Lipinski definition) is 4. The van der Waals surface area contributed by atoms with Crippen molar-refractivity contribution in [2.75, 3.05) is 6.54 Å². The van der Waals surface area contributed by atoms with E-state index < -0.39 is 5.91 Å². The molecule has 1 atom stereocenters. The van der Waals surface area contributed by atoms with E-state index >= 15 is 0 Å². The monoisotopic (exact) mass is 327 g/mol. The largest absolute Gasteiger partial charge is 0.369 e. The highest BCUT2D eigenvalue weighted by Crippen LogP contribution is 2.26. The smallest absolute Gasteiger partial charge is 0.225 e. The highest BCUT2D eigenvalue weighted by atomic mass is 16.2. The summed E-state index contributed by atoms with van der Waals surface area (Å²) >= 11 is 0. The van der Waals surface area contributed by atoms with Crippen LogP contribution in [0.4, 0.5) is 0 Å². The molecular weight excluding hydrogens is 306 g/mol. The predicted molar refractivity (Wildman–Crippen MR) is 88.7 cm³/mol. The van der Waals surface area contributed by atoms with Gasteiger partial charge in [0.25, 0.3) is 0 Å². The molecule has 2 heterocycles. The highest BCUT2D eigenvalue weighted by Gasteiger charge is 2.26. The first-order valence-electron chi connectivity index (χ1n) is 8.02. The lowest BCUT2D eigenvalue weighted by Gasteiger charge is -2.22. The summed E-state index contributed by atoms with van der Waals surface area (Å²) in [6, 6.07) is 6.12. The summed E-state index contributed by atoms with van der Waals surface area (Å²) in [6.45, 7) is 4.56. The van der Waals surface area contributed by atoms with Crippen molar-refractivity contribution >= 4 is 11.8 Å². The minimum atomic E-state index is -0.461. The highest BCUT2D eigenvalue weighted by molar-refractivity contribution is 5.77. The van der Waals surface area contributed by atoms with Crippen molar-refractivity contribution in [3.05, 3.63) is 41.0 Å². The number of piperidine rings is 1. The van der Waals surface area contributed by atoms with Gasteiger partial charge in [0.05, 0.1) is 12.1 Å². The van der Waals surface area contributed by atoms with E-state index in [2.05, 4.69) is 15.4 Å². The number of hydrogen-bond donors (Lipinski definition) is 2. The van der Waals surface area contributed by atoms with Crippen molar-refractivity contribution in [1.29, 1.82) is 0 Å². The number of nitrogens with one attached hydrogen (secondary N) is 1. The fourth-order valence-electron chi connectivity index (χ4n) is 2.94. The first-order valence-corrected chi connectivity index (χ1v) is 8.02. The lowest BCUT2D eigenvalue weighted by molar-refractivity contribution is -0.122. The molecule has 1 fully saturated rings. The van der Waals surface area contributed by atoms with Crippen molar-refractivity contribution in [2.24, 2.45) is 5.73 Å². The summed E-state index contributed by atoms with van der Waals surface area (Å²) in [6.07, 6.45) is 1.19. The van der Waals surface area contributed by atoms with E-state index in [1.807, 2.05) is 32.0 Å². The topological polar surface area (TPSA) is 103 Å². The van der Waals surface area contributed by atoms with Gasteiger partial charge in [0.1, 0.15) is 5.82 Å². The first kappa shape index (κ1) is 16.2. The molecule has 2 amide bonds. The quantitative estimate of drug-likeness (QED) is 0.871. The van der Waals surface area contributed by atoms with Gasteiger partial charge in [-0.15, -0.1) is 0 Å². The summed E-state index contributed by atoms with van der Waals surface area (Å²) in [5, 5.41) is 7.38. The van der Waals surface area contributed by atoms with Crippen LogP contribution in [-0.4, -0.2) is 33.1 Å². The molecule has 24 heavy (non-hydrogen) atoms. The van der Waals surface area contributed by atoms with Gasteiger partial charge in [0.15, 0.2) is 5.82 Å². The van der Waals surface area contributed by atoms with Crippen LogP contribution in [-0.2, 0) is 16.0 Å². The minimum absolute atomic E-state index is 0.00391. The van der Waals surface area contributed by atoms with Crippen molar-refractivity contribution in [3.63, 3.8) is 0 Å². The van der Waals surface area contributed by atoms with Gasteiger partial charge < -0.3 is 11.1 Å². The van der Waals surface area contributed by atoms with Crippen molar-refractivity contribution in [3.8, 4) is 5.69 Å². The Balaban J connectivity index is 2.05. The number of carbonyl (C=O) groups is 2. The van der Waals surface area contributed by atoms with Crippen LogP contribution < -0.4 is 11.1 Å². The number of rotatable bonds is 4. The molecule has 1 saturated heterocycles. The van der Waals surface area contributed by atoms with Gasteiger partial charge in [0.2, 0.25) is 11.8 Å². The second-order valence-corrected chi connectivity index (χ2v) is 6.27. The summed E-state index contributed by atoms with van der Waals surface area (Å²) in [5.74, 6) is 0.838. The Hall–Kier alpha value is -2.70. The summed E-state index contributed by atoms with van der Waals surface area (Å²) in [5.41, 5.74) is 8.41. The normalized spacial score (nSPS) is 17.6. The van der Waals surface area contributed by atoms with Gasteiger partial charge >= 0.3 is 0 Å². The zero-order chi connectivity index (χ0) is 17.3. The van der Waals surface area contributed by atoms with E-state index in [0.717, 1.165) is 22.6 Å². The molecule has 0 bridgehead atoms. The summed E-state index contributed by atoms with van der Waals surface area (Å²) < 4.78 is 1.79. The van der Waals surface area contributed by atoms with Gasteiger partial charge in [-0.3, -0.25) is 9.59 Å². The fraction of sp³-hybridized carbons (Fsp3) is 0.412. The van der Waals surface area contributed by atoms with E-state index in [4.69, 9.17) is 5.73 Å². The van der Waals surface area contributed by atoms with E-state index in [0.29, 0.717) is 25.2 Å². The number of aryl methyl sites for hydroxylation is 2. The van der Waals surface area contributed by atoms with Crippen LogP contribution in [0.2, 0.25) is 0 Å². The number of nitrogens with zero attached hydrogens (tertiary/aromatic N) is 3. The van der Waals surface area contributed by atoms with Crippen molar-refractivity contribution in [2.45, 2.75) is 39.0 Å². The molecular formula is C17H21N5O2. The van der Waals surface area contributed by atoms with Crippen LogP contribution in [0.5, 0.6) is 0 Å². The average molecular weight is 327 g/mol. The Bertz CT molecular complexity index is 786. The Labute approximate surface area is 140 Å². The molecule has 126 valence electrons. The molecule has 0 saturated carbocycles. The first-order chi connectivity index (χ1) is 11.4. The predicted octanol–water partition coefficient (Wildman–Crippen LogP) is 0.906. The molecule has 7 nitrogen and oxygen atoms in total. The van der Waals surface area contributed by atoms with Crippen LogP contribution in [0, 0.1) is 13.8 Å². The van der Waals surface area contributed by atoms with Gasteiger partial charge in [-0.1, -0.05) is 12.1 Å². The number of amides is 2. The van der Waals surface area contributed by atoms with Crippen molar-refractivity contribution < 1.29 is 9.59 Å². The average Bonchev–Trinajstić information content (AvgIpc) is 2.93. The number of aromatic nitrogens is 3. The molecule has 1 aliphatic heterocycles. The molecule has 3 N–H and O–H groups in total. The standard InChI is InChI=1S/C17H21N5O2/c1-10-3-4-11(2)13(7-10)22-17(12-5-6-16(24)19-9-12)20-15(21-22)8-14(18)23/h3-4,7,12H,5-6,8-9H2,1-2H3,(H2,18,23)(H,19,24)/t12-/m1/s1. The second-order valence-electron chi connectivity index (χ2n) is 6.27. The Morgan fingerprint density at radius 2 is 2.21 bits per heavy atom. The Kier molecular flexibility index (Phi) is 4.33. The van der Waals surface area contributed by atoms with Crippen LogP contribution in [0.3, 0.4) is 0 Å². The third-order valence-electron chi connectivity index (χ3n) is 4.23. The molecule has 3 rings (SSSR count). The third kappa shape index (κ3) is 3.29. The Morgan fingerprint density at radius 1 is 1.42 bits per heavy atom. The Morgan fingerprint density at radius 3 is 2.88 bits per heavy atom. The molecule has 1 aliphatic rings. The van der Waals surface area contributed by atoms with Crippen LogP contribution in [0.15, 0.2) is 18.2 Å². The maximum absolute atomic E-state index is 11.4. The van der Waals surface area contributed by atoms with Crippen LogP contribution in [0.25, 0.3) is 5.69 Å². The van der Waals surface area contributed by atoms with Crippen molar-refractivity contribution in [1.82, 2.24) is 20.1 Å². The zero-order valence-corrected chi connectivity index (χ0v) is 13.9. The molecule has 7 heteroatoms. The molecule has 0 aliphatic carbocycles. The maximum atomic E-state index is 11.4. The molecule has 1 aromatic heterocycles. The number of primary amides is 1. The van der Waals surface area contributed by atoms with E-state index in [1.165, 1.54) is 0 Å².